The Morgan fingerprint density at radius 3 is 2.39 bits per heavy atom. The number of benzene rings is 1. The van der Waals surface area contributed by atoms with Crippen LogP contribution >= 0.6 is 15.9 Å². The summed E-state index contributed by atoms with van der Waals surface area (Å²) in [6, 6.07) is 2.23. The average Bonchev–Trinajstić information content (AvgIpc) is 2.59. The second kappa shape index (κ2) is 4.34. The molecule has 1 heterocycles. The monoisotopic (exact) mass is 326 g/mol. The second-order valence-electron chi connectivity index (χ2n) is 3.35. The Bertz CT molecular complexity index is 590. The van der Waals surface area contributed by atoms with Crippen LogP contribution in [0.25, 0.3) is 5.69 Å². The fourth-order valence-corrected chi connectivity index (χ4v) is 1.90. The van der Waals surface area contributed by atoms with E-state index in [1.807, 2.05) is 0 Å². The van der Waals surface area contributed by atoms with E-state index in [-0.39, 0.29) is 4.47 Å². The maximum absolute atomic E-state index is 13.4. The minimum absolute atomic E-state index is 0.321. The maximum Gasteiger partial charge on any atom is 0.434 e. The maximum atomic E-state index is 13.4. The molecule has 0 aliphatic carbocycles. The second-order valence-corrected chi connectivity index (χ2v) is 4.20. The van der Waals surface area contributed by atoms with Gasteiger partial charge >= 0.3 is 6.18 Å². The molecule has 0 radical (unpaired) electrons. The van der Waals surface area contributed by atoms with Crippen LogP contribution in [0.15, 0.2) is 28.9 Å². The van der Waals surface area contributed by atoms with E-state index < -0.39 is 29.2 Å². The molecule has 0 amide bonds. The van der Waals surface area contributed by atoms with Crippen LogP contribution in [0.4, 0.5) is 22.0 Å². The van der Waals surface area contributed by atoms with Crippen molar-refractivity contribution >= 4 is 15.9 Å². The van der Waals surface area contributed by atoms with E-state index in [1.54, 1.807) is 0 Å². The van der Waals surface area contributed by atoms with Gasteiger partial charge in [-0.05, 0) is 28.1 Å². The minimum Gasteiger partial charge on any atom is -0.224 e. The van der Waals surface area contributed by atoms with Gasteiger partial charge in [0.25, 0.3) is 0 Å². The Kier molecular flexibility index (Phi) is 3.14. The van der Waals surface area contributed by atoms with E-state index in [2.05, 4.69) is 21.0 Å². The Balaban J connectivity index is 2.65. The van der Waals surface area contributed by atoms with Gasteiger partial charge in [-0.3, -0.25) is 0 Å². The molecule has 18 heavy (non-hydrogen) atoms. The van der Waals surface area contributed by atoms with Crippen molar-refractivity contribution < 1.29 is 22.0 Å². The topological polar surface area (TPSA) is 17.8 Å². The lowest BCUT2D eigenvalue weighted by Crippen LogP contribution is -2.15. The number of nitrogens with zero attached hydrogens (tertiary/aromatic N) is 2. The highest BCUT2D eigenvalue weighted by Crippen LogP contribution is 2.36. The number of rotatable bonds is 1. The summed E-state index contributed by atoms with van der Waals surface area (Å²) in [5, 5.41) is 3.43. The summed E-state index contributed by atoms with van der Waals surface area (Å²) in [7, 11) is 0. The number of hydrogen-bond donors (Lipinski definition) is 0. The molecule has 2 rings (SSSR count). The van der Waals surface area contributed by atoms with Gasteiger partial charge < -0.3 is 0 Å². The zero-order valence-electron chi connectivity index (χ0n) is 8.47. The van der Waals surface area contributed by atoms with Gasteiger partial charge in [-0.15, -0.1) is 0 Å². The van der Waals surface area contributed by atoms with E-state index in [4.69, 9.17) is 0 Å². The van der Waals surface area contributed by atoms with Gasteiger partial charge in [0.05, 0.1) is 10.7 Å². The highest BCUT2D eigenvalue weighted by molar-refractivity contribution is 9.10. The SMILES string of the molecule is Fc1ccc(-n2ncc(Br)c2C(F)(F)F)c(F)c1. The molecule has 0 bridgehead atoms. The summed E-state index contributed by atoms with van der Waals surface area (Å²) >= 11 is 2.69. The summed E-state index contributed by atoms with van der Waals surface area (Å²) in [6.07, 6.45) is -3.82. The molecule has 2 nitrogen and oxygen atoms in total. The fourth-order valence-electron chi connectivity index (χ4n) is 1.42. The molecule has 8 heteroatoms. The van der Waals surface area contributed by atoms with Crippen LogP contribution in [-0.4, -0.2) is 9.78 Å². The van der Waals surface area contributed by atoms with E-state index in [0.29, 0.717) is 10.7 Å². The van der Waals surface area contributed by atoms with Crippen molar-refractivity contribution in [2.24, 2.45) is 0 Å². The molecule has 0 aliphatic heterocycles. The molecule has 0 unspecified atom stereocenters. The average molecular weight is 327 g/mol. The first-order valence-corrected chi connectivity index (χ1v) is 5.36. The molecule has 0 aliphatic rings. The summed E-state index contributed by atoms with van der Waals surface area (Å²) in [6.45, 7) is 0. The Hall–Kier alpha value is -1.44. The Morgan fingerprint density at radius 1 is 1.17 bits per heavy atom. The Morgan fingerprint density at radius 2 is 1.83 bits per heavy atom. The summed E-state index contributed by atoms with van der Waals surface area (Å²) < 4.78 is 64.4. The first-order valence-electron chi connectivity index (χ1n) is 4.57. The molecular weight excluding hydrogens is 323 g/mol. The van der Waals surface area contributed by atoms with E-state index >= 15 is 0 Å². The number of aromatic nitrogens is 2. The normalized spacial score (nSPS) is 11.9. The number of halogens is 6. The number of hydrogen-bond acceptors (Lipinski definition) is 1. The first-order chi connectivity index (χ1) is 8.30. The van der Waals surface area contributed by atoms with Crippen LogP contribution in [0, 0.1) is 11.6 Å². The quantitative estimate of drug-likeness (QED) is 0.726. The smallest absolute Gasteiger partial charge is 0.224 e. The zero-order valence-corrected chi connectivity index (χ0v) is 10.1. The van der Waals surface area contributed by atoms with Crippen LogP contribution in [-0.2, 0) is 6.18 Å². The first kappa shape index (κ1) is 13.0. The molecule has 0 fully saturated rings. The van der Waals surface area contributed by atoms with Crippen molar-refractivity contribution in [3.8, 4) is 5.69 Å². The standard InChI is InChI=1S/C10H4BrF5N2/c11-6-4-17-18(9(6)10(14,15)16)8-2-1-5(12)3-7(8)13/h1-4H. The van der Waals surface area contributed by atoms with Gasteiger partial charge in [-0.25, -0.2) is 13.5 Å². The number of alkyl halides is 3. The summed E-state index contributed by atoms with van der Waals surface area (Å²) in [5.41, 5.74) is -1.64. The van der Waals surface area contributed by atoms with Crippen molar-refractivity contribution in [2.45, 2.75) is 6.18 Å². The molecule has 0 saturated heterocycles. The van der Waals surface area contributed by atoms with Gasteiger partial charge in [-0.1, -0.05) is 0 Å². The zero-order chi connectivity index (χ0) is 13.5. The molecule has 1 aromatic heterocycles. The highest BCUT2D eigenvalue weighted by atomic mass is 79.9. The van der Waals surface area contributed by atoms with Crippen molar-refractivity contribution in [3.05, 3.63) is 46.2 Å². The lowest BCUT2D eigenvalue weighted by atomic mass is 10.3. The molecule has 0 atom stereocenters. The van der Waals surface area contributed by atoms with Gasteiger partial charge in [0, 0.05) is 6.07 Å². The highest BCUT2D eigenvalue weighted by Gasteiger charge is 2.38. The van der Waals surface area contributed by atoms with Gasteiger partial charge in [0.2, 0.25) is 0 Å². The molecule has 0 saturated carbocycles. The van der Waals surface area contributed by atoms with E-state index in [0.717, 1.165) is 18.3 Å². The van der Waals surface area contributed by atoms with Gasteiger partial charge in [0.1, 0.15) is 11.5 Å². The van der Waals surface area contributed by atoms with Crippen molar-refractivity contribution in [1.82, 2.24) is 9.78 Å². The van der Waals surface area contributed by atoms with Crippen LogP contribution in [0.2, 0.25) is 0 Å². The predicted octanol–water partition coefficient (Wildman–Crippen LogP) is 3.93. The molecule has 0 N–H and O–H groups in total. The van der Waals surface area contributed by atoms with Crippen molar-refractivity contribution in [2.75, 3.05) is 0 Å². The summed E-state index contributed by atoms with van der Waals surface area (Å²) in [4.78, 5) is 0. The lowest BCUT2D eigenvalue weighted by molar-refractivity contribution is -0.143. The van der Waals surface area contributed by atoms with E-state index in [9.17, 15) is 22.0 Å². The fraction of sp³-hybridized carbons (Fsp3) is 0.100. The summed E-state index contributed by atoms with van der Waals surface area (Å²) in [5.74, 6) is -2.01. The molecular formula is C10H4BrF5N2. The third-order valence-corrected chi connectivity index (χ3v) is 2.71. The van der Waals surface area contributed by atoms with Gasteiger partial charge in [0.15, 0.2) is 11.5 Å². The molecule has 96 valence electrons. The van der Waals surface area contributed by atoms with Crippen molar-refractivity contribution in [3.63, 3.8) is 0 Å². The van der Waals surface area contributed by atoms with E-state index in [1.165, 1.54) is 0 Å². The van der Waals surface area contributed by atoms with Crippen molar-refractivity contribution in [1.29, 1.82) is 0 Å². The molecule has 0 spiro atoms. The minimum atomic E-state index is -4.71. The molecule has 2 aromatic rings. The van der Waals surface area contributed by atoms with Crippen LogP contribution in [0.1, 0.15) is 5.69 Å². The largest absolute Gasteiger partial charge is 0.434 e. The van der Waals surface area contributed by atoms with Gasteiger partial charge in [-0.2, -0.15) is 18.3 Å². The third-order valence-electron chi connectivity index (χ3n) is 2.13. The third kappa shape index (κ3) is 2.24. The van der Waals surface area contributed by atoms with Crippen LogP contribution in [0.5, 0.6) is 0 Å². The Labute approximate surface area is 106 Å². The van der Waals surface area contributed by atoms with Crippen LogP contribution < -0.4 is 0 Å². The molecule has 1 aromatic carbocycles. The predicted molar refractivity (Wildman–Crippen MR) is 56.2 cm³/mol. The lowest BCUT2D eigenvalue weighted by Gasteiger charge is -2.11. The van der Waals surface area contributed by atoms with Crippen LogP contribution in [0.3, 0.4) is 0 Å².